The molecule has 0 saturated carbocycles. The summed E-state index contributed by atoms with van der Waals surface area (Å²) in [5, 5.41) is 4.07. The molecule has 0 N–H and O–H groups in total. The van der Waals surface area contributed by atoms with E-state index in [1.54, 1.807) is 11.3 Å². The largest absolute Gasteiger partial charge is 0.361 e. The molecule has 38 heavy (non-hydrogen) atoms. The van der Waals surface area contributed by atoms with Crippen molar-refractivity contribution < 1.29 is 9.32 Å². The molecule has 10 heteroatoms. The molecule has 0 radical (unpaired) electrons. The summed E-state index contributed by atoms with van der Waals surface area (Å²) >= 11 is 1.58. The van der Waals surface area contributed by atoms with Crippen LogP contribution in [0.25, 0.3) is 26.6 Å². The maximum Gasteiger partial charge on any atom is 0.226 e. The van der Waals surface area contributed by atoms with Gasteiger partial charge in [-0.05, 0) is 12.6 Å². The van der Waals surface area contributed by atoms with Crippen LogP contribution in [0.3, 0.4) is 0 Å². The van der Waals surface area contributed by atoms with Crippen LogP contribution in [0.1, 0.15) is 37.8 Å². The molecule has 1 saturated heterocycles. The van der Waals surface area contributed by atoms with Crippen LogP contribution in [0.2, 0.25) is 0 Å². The van der Waals surface area contributed by atoms with Gasteiger partial charge in [0.1, 0.15) is 21.9 Å². The van der Waals surface area contributed by atoms with Crippen molar-refractivity contribution in [1.82, 2.24) is 29.4 Å². The summed E-state index contributed by atoms with van der Waals surface area (Å²) in [7, 11) is 2.14. The number of ketones is 1. The minimum Gasteiger partial charge on any atom is -0.361 e. The van der Waals surface area contributed by atoms with Gasteiger partial charge in [-0.3, -0.25) is 9.20 Å². The SMILES string of the molecule is CN1CCN(c2ncc3c(n2)sc2nc(-c4ccc(CC(=O)Cc5cc(C(C)(C)C)on5)cc4)cn23)CC1. The Morgan fingerprint density at radius 2 is 1.82 bits per heavy atom. The van der Waals surface area contributed by atoms with Crippen molar-refractivity contribution in [2.24, 2.45) is 0 Å². The highest BCUT2D eigenvalue weighted by molar-refractivity contribution is 7.23. The summed E-state index contributed by atoms with van der Waals surface area (Å²) < 4.78 is 7.46. The minimum atomic E-state index is -0.126. The summed E-state index contributed by atoms with van der Waals surface area (Å²) in [6, 6.07) is 9.91. The van der Waals surface area contributed by atoms with Crippen molar-refractivity contribution in [1.29, 1.82) is 0 Å². The third kappa shape index (κ3) is 4.93. The monoisotopic (exact) mass is 529 g/mol. The van der Waals surface area contributed by atoms with E-state index in [1.807, 2.05) is 42.7 Å². The van der Waals surface area contributed by atoms with Crippen LogP contribution in [-0.2, 0) is 23.1 Å². The van der Waals surface area contributed by atoms with Crippen LogP contribution in [0.5, 0.6) is 0 Å². The van der Waals surface area contributed by atoms with E-state index in [0.717, 1.165) is 70.0 Å². The number of carbonyl (C=O) groups excluding carboxylic acids is 1. The van der Waals surface area contributed by atoms with Gasteiger partial charge in [-0.25, -0.2) is 15.0 Å². The number of thiazole rings is 1. The molecule has 0 amide bonds. The molecule has 1 aromatic carbocycles. The quantitative estimate of drug-likeness (QED) is 0.320. The van der Waals surface area contributed by atoms with Crippen molar-refractivity contribution in [3.8, 4) is 11.3 Å². The average molecular weight is 530 g/mol. The third-order valence-corrected chi connectivity index (χ3v) is 7.92. The molecule has 4 aromatic heterocycles. The molecule has 1 fully saturated rings. The number of likely N-dealkylation sites (N-methyl/N-ethyl adjacent to an activating group) is 1. The van der Waals surface area contributed by atoms with Gasteiger partial charge in [0, 0.05) is 55.8 Å². The lowest BCUT2D eigenvalue weighted by Gasteiger charge is -2.32. The topological polar surface area (TPSA) is 92.7 Å². The second-order valence-corrected chi connectivity index (χ2v) is 12.0. The van der Waals surface area contributed by atoms with Gasteiger partial charge >= 0.3 is 0 Å². The lowest BCUT2D eigenvalue weighted by atomic mass is 9.93. The Morgan fingerprint density at radius 3 is 2.53 bits per heavy atom. The Hall–Kier alpha value is -3.63. The lowest BCUT2D eigenvalue weighted by molar-refractivity contribution is -0.117. The maximum atomic E-state index is 12.6. The number of carbonyl (C=O) groups is 1. The van der Waals surface area contributed by atoms with Gasteiger partial charge in [-0.2, -0.15) is 0 Å². The summed E-state index contributed by atoms with van der Waals surface area (Å²) in [4.78, 5) is 33.4. The molecule has 0 spiro atoms. The first kappa shape index (κ1) is 24.7. The molecular weight excluding hydrogens is 498 g/mol. The Labute approximate surface area is 225 Å². The fraction of sp³-hybridized carbons (Fsp3) is 0.393. The second-order valence-electron chi connectivity index (χ2n) is 11.1. The van der Waals surface area contributed by atoms with E-state index < -0.39 is 0 Å². The van der Waals surface area contributed by atoms with E-state index in [9.17, 15) is 4.79 Å². The highest BCUT2D eigenvalue weighted by Gasteiger charge is 2.21. The number of benzene rings is 1. The zero-order valence-corrected chi connectivity index (χ0v) is 23.0. The van der Waals surface area contributed by atoms with Gasteiger partial charge in [-0.1, -0.05) is 61.5 Å². The first-order valence-corrected chi connectivity index (χ1v) is 13.7. The van der Waals surface area contributed by atoms with Gasteiger partial charge in [-0.15, -0.1) is 0 Å². The molecule has 1 aliphatic rings. The van der Waals surface area contributed by atoms with Crippen LogP contribution in [0.4, 0.5) is 5.95 Å². The highest BCUT2D eigenvalue weighted by Crippen LogP contribution is 2.29. The number of piperazine rings is 1. The Morgan fingerprint density at radius 1 is 1.05 bits per heavy atom. The minimum absolute atomic E-state index is 0.108. The standard InChI is InChI=1S/C28H31N7O2S/c1-28(2,3)24-15-20(32-37-24)14-21(36)13-18-5-7-19(8-6-18)22-17-35-23-16-29-26(31-25(23)38-27(35)30-22)34-11-9-33(4)10-12-34/h5-8,15-17H,9-14H2,1-4H3. The second kappa shape index (κ2) is 9.59. The normalized spacial score (nSPS) is 15.1. The number of hydrogen-bond acceptors (Lipinski definition) is 9. The van der Waals surface area contributed by atoms with E-state index in [4.69, 9.17) is 14.5 Å². The number of Topliss-reactive ketones (excluding diaryl/α,β-unsaturated/α-hetero) is 1. The zero-order chi connectivity index (χ0) is 26.4. The molecule has 5 aromatic rings. The van der Waals surface area contributed by atoms with E-state index in [-0.39, 0.29) is 17.6 Å². The Kier molecular flexibility index (Phi) is 6.23. The predicted molar refractivity (Wildman–Crippen MR) is 149 cm³/mol. The Balaban J connectivity index is 1.14. The van der Waals surface area contributed by atoms with Crippen LogP contribution in [0.15, 0.2) is 47.2 Å². The van der Waals surface area contributed by atoms with Crippen molar-refractivity contribution in [2.75, 3.05) is 38.1 Å². The fourth-order valence-electron chi connectivity index (χ4n) is 4.62. The molecule has 0 unspecified atom stereocenters. The number of fused-ring (bicyclic) bond motifs is 3. The predicted octanol–water partition coefficient (Wildman–Crippen LogP) is 4.40. The lowest BCUT2D eigenvalue weighted by Crippen LogP contribution is -2.45. The molecular formula is C28H31N7O2S. The molecule has 5 heterocycles. The van der Waals surface area contributed by atoms with Gasteiger partial charge in [0.2, 0.25) is 5.95 Å². The number of anilines is 1. The summed E-state index contributed by atoms with van der Waals surface area (Å²) in [6.07, 6.45) is 4.56. The highest BCUT2D eigenvalue weighted by atomic mass is 32.1. The van der Waals surface area contributed by atoms with Gasteiger partial charge in [0.05, 0.1) is 24.0 Å². The number of nitrogens with zero attached hydrogens (tertiary/aromatic N) is 7. The third-order valence-electron chi connectivity index (χ3n) is 6.96. The average Bonchev–Trinajstić information content (AvgIpc) is 3.59. The molecule has 0 atom stereocenters. The van der Waals surface area contributed by atoms with Crippen LogP contribution < -0.4 is 4.90 Å². The first-order chi connectivity index (χ1) is 18.2. The molecule has 1 aliphatic heterocycles. The molecule has 9 nitrogen and oxygen atoms in total. The zero-order valence-electron chi connectivity index (χ0n) is 22.1. The van der Waals surface area contributed by atoms with E-state index >= 15 is 0 Å². The summed E-state index contributed by atoms with van der Waals surface area (Å²) in [5.74, 6) is 1.69. The number of imidazole rings is 1. The molecule has 0 aliphatic carbocycles. The first-order valence-electron chi connectivity index (χ1n) is 12.9. The van der Waals surface area contributed by atoms with E-state index in [1.165, 1.54) is 0 Å². The van der Waals surface area contributed by atoms with Gasteiger partial charge in [0.15, 0.2) is 4.96 Å². The molecule has 196 valence electrons. The fourth-order valence-corrected chi connectivity index (χ4v) is 5.57. The van der Waals surface area contributed by atoms with E-state index in [0.29, 0.717) is 12.1 Å². The Bertz CT molecular complexity index is 1600. The number of rotatable bonds is 6. The van der Waals surface area contributed by atoms with Crippen LogP contribution in [0, 0.1) is 0 Å². The number of hydrogen-bond donors (Lipinski definition) is 0. The van der Waals surface area contributed by atoms with Gasteiger partial charge in [0.25, 0.3) is 0 Å². The van der Waals surface area contributed by atoms with Crippen molar-refractivity contribution >= 4 is 38.4 Å². The number of aromatic nitrogens is 5. The van der Waals surface area contributed by atoms with Crippen molar-refractivity contribution in [3.63, 3.8) is 0 Å². The van der Waals surface area contributed by atoms with Crippen LogP contribution >= 0.6 is 11.3 Å². The van der Waals surface area contributed by atoms with Crippen molar-refractivity contribution in [3.05, 3.63) is 59.7 Å². The summed E-state index contributed by atoms with van der Waals surface area (Å²) in [6.45, 7) is 10.1. The summed E-state index contributed by atoms with van der Waals surface area (Å²) in [5.41, 5.74) is 4.38. The van der Waals surface area contributed by atoms with Crippen molar-refractivity contribution in [2.45, 2.75) is 39.0 Å². The van der Waals surface area contributed by atoms with Gasteiger partial charge < -0.3 is 14.3 Å². The van der Waals surface area contributed by atoms with E-state index in [2.05, 4.69) is 52.2 Å². The van der Waals surface area contributed by atoms with Crippen LogP contribution in [-0.4, -0.2) is 68.4 Å². The smallest absolute Gasteiger partial charge is 0.226 e. The molecule has 6 rings (SSSR count). The maximum absolute atomic E-state index is 12.6. The molecule has 0 bridgehead atoms.